The van der Waals surface area contributed by atoms with Crippen molar-refractivity contribution in [2.75, 3.05) is 24.5 Å². The number of benzene rings is 1. The zero-order chi connectivity index (χ0) is 22.5. The zero-order valence-electron chi connectivity index (χ0n) is 17.3. The summed E-state index contributed by atoms with van der Waals surface area (Å²) < 4.78 is 28.8. The Labute approximate surface area is 184 Å². The zero-order valence-corrected chi connectivity index (χ0v) is 18.1. The molecule has 12 heteroatoms. The van der Waals surface area contributed by atoms with Gasteiger partial charge in [0.1, 0.15) is 5.69 Å². The van der Waals surface area contributed by atoms with E-state index < -0.39 is 10.0 Å². The summed E-state index contributed by atoms with van der Waals surface area (Å²) in [6, 6.07) is 5.66. The Morgan fingerprint density at radius 1 is 0.938 bits per heavy atom. The Kier molecular flexibility index (Phi) is 5.05. The quantitative estimate of drug-likeness (QED) is 0.570. The van der Waals surface area contributed by atoms with E-state index in [1.165, 1.54) is 28.6 Å². The predicted molar refractivity (Wildman–Crippen MR) is 111 cm³/mol. The highest BCUT2D eigenvalue weighted by atomic mass is 32.2. The molecule has 0 unspecified atom stereocenters. The number of likely N-dealkylation sites (tertiary alicyclic amines) is 1. The number of aromatic nitrogens is 3. The van der Waals surface area contributed by atoms with E-state index >= 15 is 0 Å². The van der Waals surface area contributed by atoms with Crippen LogP contribution in [-0.2, 0) is 31.0 Å². The van der Waals surface area contributed by atoms with Crippen LogP contribution in [0.3, 0.4) is 0 Å². The first-order valence-electron chi connectivity index (χ1n) is 10.5. The van der Waals surface area contributed by atoms with Crippen molar-refractivity contribution in [1.29, 1.82) is 0 Å². The number of carbonyl (C=O) groups excluding carboxylic acids is 3. The van der Waals surface area contributed by atoms with Crippen LogP contribution in [-0.4, -0.2) is 70.0 Å². The Bertz CT molecular complexity index is 1170. The van der Waals surface area contributed by atoms with Crippen molar-refractivity contribution in [3.8, 4) is 0 Å². The molecular weight excluding hydrogens is 436 g/mol. The van der Waals surface area contributed by atoms with Gasteiger partial charge in [0.05, 0.1) is 29.4 Å². The summed E-state index contributed by atoms with van der Waals surface area (Å²) >= 11 is 0. The average molecular weight is 459 g/mol. The number of anilines is 1. The summed E-state index contributed by atoms with van der Waals surface area (Å²) in [5, 5.41) is 8.22. The first-order valence-corrected chi connectivity index (χ1v) is 11.9. The Balaban J connectivity index is 1.22. The maximum absolute atomic E-state index is 12.9. The van der Waals surface area contributed by atoms with Crippen molar-refractivity contribution in [1.82, 2.24) is 24.2 Å². The fourth-order valence-electron chi connectivity index (χ4n) is 4.19. The maximum Gasteiger partial charge on any atom is 0.243 e. The highest BCUT2D eigenvalue weighted by molar-refractivity contribution is 7.89. The van der Waals surface area contributed by atoms with Crippen LogP contribution in [0.4, 0.5) is 5.69 Å². The largest absolute Gasteiger partial charge is 0.337 e. The molecule has 3 aliphatic rings. The van der Waals surface area contributed by atoms with Gasteiger partial charge >= 0.3 is 0 Å². The lowest BCUT2D eigenvalue weighted by atomic mass is 10.2. The number of hydrogen-bond donors (Lipinski definition) is 0. The summed E-state index contributed by atoms with van der Waals surface area (Å²) in [5.41, 5.74) is 1.06. The van der Waals surface area contributed by atoms with Gasteiger partial charge in [-0.25, -0.2) is 13.1 Å². The summed E-state index contributed by atoms with van der Waals surface area (Å²) in [7, 11) is -3.70. The van der Waals surface area contributed by atoms with E-state index in [2.05, 4.69) is 10.3 Å². The molecule has 1 aromatic carbocycles. The smallest absolute Gasteiger partial charge is 0.243 e. The average Bonchev–Trinajstić information content (AvgIpc) is 3.43. The topological polar surface area (TPSA) is 126 Å². The molecule has 168 valence electrons. The lowest BCUT2D eigenvalue weighted by molar-refractivity contribution is -0.128. The first kappa shape index (κ1) is 20.8. The van der Waals surface area contributed by atoms with E-state index in [1.54, 1.807) is 15.8 Å². The second-order valence-corrected chi connectivity index (χ2v) is 10.1. The number of hydrogen-bond acceptors (Lipinski definition) is 7. The molecule has 0 bridgehead atoms. The SMILES string of the molecule is O=C1CCCN1Cc1cn(C2CN(S(=O)(=O)c3ccc(N4C(=O)CCC4=O)cc3)C2)nn1. The molecular formula is C20H22N6O5S. The molecule has 0 radical (unpaired) electrons. The second-order valence-electron chi connectivity index (χ2n) is 8.20. The van der Waals surface area contributed by atoms with Crippen LogP contribution < -0.4 is 4.90 Å². The van der Waals surface area contributed by atoms with Gasteiger partial charge in [-0.15, -0.1) is 5.10 Å². The van der Waals surface area contributed by atoms with Gasteiger partial charge in [-0.05, 0) is 30.7 Å². The van der Waals surface area contributed by atoms with Gasteiger partial charge in [0.15, 0.2) is 0 Å². The number of nitrogens with zero attached hydrogens (tertiary/aromatic N) is 6. The van der Waals surface area contributed by atoms with E-state index in [9.17, 15) is 22.8 Å². The first-order chi connectivity index (χ1) is 15.3. The summed E-state index contributed by atoms with van der Waals surface area (Å²) in [5.74, 6) is -0.445. The van der Waals surface area contributed by atoms with Gasteiger partial charge in [0.25, 0.3) is 0 Å². The maximum atomic E-state index is 12.9. The Hall–Kier alpha value is -3.12. The van der Waals surface area contributed by atoms with Crippen LogP contribution in [0.1, 0.15) is 37.4 Å². The van der Waals surface area contributed by atoms with Gasteiger partial charge < -0.3 is 4.90 Å². The number of imide groups is 1. The molecule has 32 heavy (non-hydrogen) atoms. The standard InChI is InChI=1S/C20H22N6O5S/c27-18-2-1-9-23(18)10-14-11-25(22-21-14)16-12-24(13-16)32(30,31)17-5-3-15(4-6-17)26-19(28)7-8-20(26)29/h3-6,11,16H,1-2,7-10,12-13H2. The van der Waals surface area contributed by atoms with Crippen molar-refractivity contribution in [2.45, 2.75) is 43.2 Å². The third-order valence-electron chi connectivity index (χ3n) is 6.07. The van der Waals surface area contributed by atoms with Gasteiger partial charge in [-0.1, -0.05) is 5.21 Å². The number of rotatable bonds is 6. The fraction of sp³-hybridized carbons (Fsp3) is 0.450. The van der Waals surface area contributed by atoms with Crippen LogP contribution in [0, 0.1) is 0 Å². The van der Waals surface area contributed by atoms with E-state index in [0.29, 0.717) is 24.3 Å². The van der Waals surface area contributed by atoms with Crippen molar-refractivity contribution in [3.05, 3.63) is 36.2 Å². The van der Waals surface area contributed by atoms with Crippen LogP contribution in [0.25, 0.3) is 0 Å². The number of sulfonamides is 1. The van der Waals surface area contributed by atoms with Gasteiger partial charge in [0, 0.05) is 38.9 Å². The molecule has 0 N–H and O–H groups in total. The molecule has 3 amide bonds. The van der Waals surface area contributed by atoms with Gasteiger partial charge in [-0.3, -0.25) is 19.3 Å². The minimum atomic E-state index is -3.70. The van der Waals surface area contributed by atoms with Crippen LogP contribution >= 0.6 is 0 Å². The molecule has 5 rings (SSSR count). The van der Waals surface area contributed by atoms with Crippen molar-refractivity contribution < 1.29 is 22.8 Å². The fourth-order valence-corrected chi connectivity index (χ4v) is 5.71. The van der Waals surface area contributed by atoms with Crippen LogP contribution in [0.15, 0.2) is 35.4 Å². The third-order valence-corrected chi connectivity index (χ3v) is 7.91. The van der Waals surface area contributed by atoms with E-state index in [4.69, 9.17) is 0 Å². The minimum absolute atomic E-state index is 0.102. The van der Waals surface area contributed by atoms with Gasteiger partial charge in [-0.2, -0.15) is 4.31 Å². The molecule has 0 aliphatic carbocycles. The van der Waals surface area contributed by atoms with Crippen LogP contribution in [0.2, 0.25) is 0 Å². The van der Waals surface area contributed by atoms with E-state index in [0.717, 1.165) is 17.9 Å². The number of carbonyl (C=O) groups is 3. The predicted octanol–water partition coefficient (Wildman–Crippen LogP) is 0.300. The lowest BCUT2D eigenvalue weighted by Gasteiger charge is -2.37. The minimum Gasteiger partial charge on any atom is -0.337 e. The molecule has 0 spiro atoms. The third kappa shape index (κ3) is 3.58. The normalized spacial score (nSPS) is 20.4. The Morgan fingerprint density at radius 2 is 1.62 bits per heavy atom. The monoisotopic (exact) mass is 458 g/mol. The van der Waals surface area contributed by atoms with Crippen molar-refractivity contribution in [3.63, 3.8) is 0 Å². The lowest BCUT2D eigenvalue weighted by Crippen LogP contribution is -2.50. The molecule has 1 aromatic heterocycles. The molecule has 4 heterocycles. The second kappa shape index (κ2) is 7.78. The van der Waals surface area contributed by atoms with E-state index in [1.807, 2.05) is 0 Å². The summed E-state index contributed by atoms with van der Waals surface area (Å²) in [4.78, 5) is 38.4. The molecule has 0 saturated carbocycles. The highest BCUT2D eigenvalue weighted by Crippen LogP contribution is 2.30. The Morgan fingerprint density at radius 3 is 2.25 bits per heavy atom. The summed E-state index contributed by atoms with van der Waals surface area (Å²) in [6.45, 7) is 1.67. The van der Waals surface area contributed by atoms with Gasteiger partial charge in [0.2, 0.25) is 27.7 Å². The molecule has 11 nitrogen and oxygen atoms in total. The van der Waals surface area contributed by atoms with Crippen LogP contribution in [0.5, 0.6) is 0 Å². The molecule has 0 atom stereocenters. The van der Waals surface area contributed by atoms with Crippen molar-refractivity contribution >= 4 is 33.4 Å². The summed E-state index contributed by atoms with van der Waals surface area (Å²) in [6.07, 6.45) is 3.53. The molecule has 3 fully saturated rings. The molecule has 3 aliphatic heterocycles. The number of amides is 3. The highest BCUT2D eigenvalue weighted by Gasteiger charge is 2.39. The van der Waals surface area contributed by atoms with Crippen molar-refractivity contribution in [2.24, 2.45) is 0 Å². The molecule has 3 saturated heterocycles. The molecule has 2 aromatic rings. The van der Waals surface area contributed by atoms with E-state index in [-0.39, 0.29) is 54.6 Å².